The van der Waals surface area contributed by atoms with Crippen LogP contribution in [0.5, 0.6) is 0 Å². The number of likely N-dealkylation sites (N-methyl/N-ethyl adjacent to an activating group) is 2. The molecule has 9 nitrogen and oxygen atoms in total. The Morgan fingerprint density at radius 3 is 2.68 bits per heavy atom. The number of amides is 1. The zero-order valence-electron chi connectivity index (χ0n) is 20.9. The van der Waals surface area contributed by atoms with Gasteiger partial charge in [0, 0.05) is 37.5 Å². The largest absolute Gasteiger partial charge is 0.372 e. The highest BCUT2D eigenvalue weighted by Gasteiger charge is 2.13. The van der Waals surface area contributed by atoms with Crippen LogP contribution in [0.25, 0.3) is 22.2 Å². The van der Waals surface area contributed by atoms with E-state index in [9.17, 15) is 14.0 Å². The summed E-state index contributed by atoms with van der Waals surface area (Å²) in [6.45, 7) is 5.13. The Balaban J connectivity index is 1.70. The quantitative estimate of drug-likeness (QED) is 0.298. The van der Waals surface area contributed by atoms with Gasteiger partial charge < -0.3 is 25.4 Å². The number of halogens is 1. The van der Waals surface area contributed by atoms with Crippen LogP contribution >= 0.6 is 0 Å². The molecule has 2 heterocycles. The smallest absolute Gasteiger partial charge is 0.249 e. The minimum absolute atomic E-state index is 0.270. The van der Waals surface area contributed by atoms with Gasteiger partial charge in [-0.2, -0.15) is 0 Å². The molecular formula is C27H28FN7O2. The standard InChI is InChI=1S/C27H28FN7O2/c1-5-24(36)31-21-14-19(9-10-23(21)35(4)12-11-34(2)3)30-27-29-16-22-26(33-27)20(15-25(37)32-22)17-7-6-8-18(28)13-17/h5-10,13-16H,1,11-12H2,2-4H3,(H,31,36)(H,32,37)(H,29,30,33). The average Bonchev–Trinajstić information content (AvgIpc) is 2.87. The number of nitrogens with one attached hydrogen (secondary N) is 3. The number of aromatic nitrogens is 3. The van der Waals surface area contributed by atoms with Gasteiger partial charge >= 0.3 is 0 Å². The molecule has 4 rings (SSSR count). The number of fused-ring (bicyclic) bond motifs is 1. The van der Waals surface area contributed by atoms with Crippen molar-refractivity contribution in [2.24, 2.45) is 0 Å². The van der Waals surface area contributed by atoms with Crippen molar-refractivity contribution < 1.29 is 9.18 Å². The first-order valence-electron chi connectivity index (χ1n) is 11.6. The van der Waals surface area contributed by atoms with Gasteiger partial charge in [0.1, 0.15) is 11.3 Å². The monoisotopic (exact) mass is 501 g/mol. The number of carbonyl (C=O) groups excluding carboxylic acids is 1. The highest BCUT2D eigenvalue weighted by Crippen LogP contribution is 2.31. The number of carbonyl (C=O) groups is 1. The molecule has 1 amide bonds. The van der Waals surface area contributed by atoms with Crippen LogP contribution in [0.1, 0.15) is 0 Å². The fourth-order valence-electron chi connectivity index (χ4n) is 3.81. The number of benzene rings is 2. The Hall–Kier alpha value is -4.57. The Morgan fingerprint density at radius 1 is 1.14 bits per heavy atom. The molecule has 0 unspecified atom stereocenters. The van der Waals surface area contributed by atoms with E-state index in [1.807, 2.05) is 33.3 Å². The summed E-state index contributed by atoms with van der Waals surface area (Å²) < 4.78 is 13.9. The minimum Gasteiger partial charge on any atom is -0.372 e. The predicted molar refractivity (Wildman–Crippen MR) is 146 cm³/mol. The molecule has 37 heavy (non-hydrogen) atoms. The van der Waals surface area contributed by atoms with E-state index in [1.54, 1.807) is 18.2 Å². The van der Waals surface area contributed by atoms with Crippen LogP contribution in [0.4, 0.5) is 27.4 Å². The second-order valence-electron chi connectivity index (χ2n) is 8.79. The number of anilines is 4. The Kier molecular flexibility index (Phi) is 7.59. The van der Waals surface area contributed by atoms with Crippen molar-refractivity contribution in [2.45, 2.75) is 0 Å². The van der Waals surface area contributed by atoms with Gasteiger partial charge in [0.2, 0.25) is 17.4 Å². The molecule has 0 aliphatic rings. The summed E-state index contributed by atoms with van der Waals surface area (Å²) >= 11 is 0. The lowest BCUT2D eigenvalue weighted by Crippen LogP contribution is -2.29. The number of pyridine rings is 1. The van der Waals surface area contributed by atoms with E-state index in [1.165, 1.54) is 30.5 Å². The third kappa shape index (κ3) is 6.17. The average molecular weight is 502 g/mol. The normalized spacial score (nSPS) is 10.9. The van der Waals surface area contributed by atoms with Gasteiger partial charge in [-0.25, -0.2) is 14.4 Å². The number of nitrogens with zero attached hydrogens (tertiary/aromatic N) is 4. The van der Waals surface area contributed by atoms with Crippen molar-refractivity contribution in [3.05, 3.63) is 83.6 Å². The van der Waals surface area contributed by atoms with Crippen molar-refractivity contribution in [3.63, 3.8) is 0 Å². The van der Waals surface area contributed by atoms with Crippen molar-refractivity contribution in [1.29, 1.82) is 0 Å². The van der Waals surface area contributed by atoms with E-state index >= 15 is 0 Å². The summed E-state index contributed by atoms with van der Waals surface area (Å²) in [7, 11) is 5.96. The Labute approximate surface area is 213 Å². The van der Waals surface area contributed by atoms with Crippen LogP contribution in [0.2, 0.25) is 0 Å². The van der Waals surface area contributed by atoms with Crippen LogP contribution in [0.3, 0.4) is 0 Å². The van der Waals surface area contributed by atoms with E-state index in [2.05, 4.69) is 42.0 Å². The maximum absolute atomic E-state index is 13.9. The summed E-state index contributed by atoms with van der Waals surface area (Å²) in [6, 6.07) is 12.9. The summed E-state index contributed by atoms with van der Waals surface area (Å²) in [4.78, 5) is 40.1. The first-order valence-corrected chi connectivity index (χ1v) is 11.6. The van der Waals surface area contributed by atoms with Crippen LogP contribution in [0.15, 0.2) is 72.2 Å². The van der Waals surface area contributed by atoms with Crippen LogP contribution < -0.4 is 21.1 Å². The number of H-pyrrole nitrogens is 1. The molecule has 4 aromatic rings. The number of aromatic amines is 1. The summed E-state index contributed by atoms with van der Waals surface area (Å²) in [5.74, 6) is -0.472. The van der Waals surface area contributed by atoms with Gasteiger partial charge in [-0.05, 0) is 56.1 Å². The molecule has 0 radical (unpaired) electrons. The Morgan fingerprint density at radius 2 is 1.95 bits per heavy atom. The van der Waals surface area contributed by atoms with Crippen molar-refractivity contribution in [3.8, 4) is 11.1 Å². The third-order valence-corrected chi connectivity index (χ3v) is 5.70. The maximum atomic E-state index is 13.9. The first-order chi connectivity index (χ1) is 17.7. The molecule has 2 aromatic carbocycles. The molecule has 0 saturated carbocycles. The fourth-order valence-corrected chi connectivity index (χ4v) is 3.81. The predicted octanol–water partition coefficient (Wildman–Crippen LogP) is 3.99. The van der Waals surface area contributed by atoms with Crippen molar-refractivity contribution in [2.75, 3.05) is 49.8 Å². The molecule has 190 valence electrons. The lowest BCUT2D eigenvalue weighted by molar-refractivity contribution is -0.111. The maximum Gasteiger partial charge on any atom is 0.249 e. The third-order valence-electron chi connectivity index (χ3n) is 5.70. The van der Waals surface area contributed by atoms with E-state index in [0.29, 0.717) is 33.5 Å². The SMILES string of the molecule is C=CC(=O)Nc1cc(Nc2ncc3[nH]c(=O)cc(-c4cccc(F)c4)c3n2)ccc1N(C)CCN(C)C. The van der Waals surface area contributed by atoms with Gasteiger partial charge in [0.05, 0.1) is 23.1 Å². The molecule has 0 aliphatic carbocycles. The first kappa shape index (κ1) is 25.5. The van der Waals surface area contributed by atoms with Gasteiger partial charge in [-0.1, -0.05) is 18.7 Å². The van der Waals surface area contributed by atoms with Gasteiger partial charge in [0.15, 0.2) is 0 Å². The second kappa shape index (κ2) is 11.0. The van der Waals surface area contributed by atoms with Crippen LogP contribution in [-0.4, -0.2) is 60.0 Å². The number of hydrogen-bond donors (Lipinski definition) is 3. The zero-order chi connectivity index (χ0) is 26.5. The summed E-state index contributed by atoms with van der Waals surface area (Å²) in [5.41, 5.74) is 3.64. The zero-order valence-corrected chi connectivity index (χ0v) is 20.9. The number of hydrogen-bond acceptors (Lipinski definition) is 7. The summed E-state index contributed by atoms with van der Waals surface area (Å²) in [6.07, 6.45) is 2.71. The molecule has 0 aliphatic heterocycles. The molecule has 0 bridgehead atoms. The highest BCUT2D eigenvalue weighted by atomic mass is 19.1. The van der Waals surface area contributed by atoms with Gasteiger partial charge in [0.25, 0.3) is 0 Å². The lowest BCUT2D eigenvalue weighted by atomic mass is 10.1. The lowest BCUT2D eigenvalue weighted by Gasteiger charge is -2.24. The molecule has 10 heteroatoms. The van der Waals surface area contributed by atoms with E-state index in [0.717, 1.165) is 18.8 Å². The fraction of sp³-hybridized carbons (Fsp3) is 0.185. The highest BCUT2D eigenvalue weighted by molar-refractivity contribution is 6.01. The molecule has 3 N–H and O–H groups in total. The van der Waals surface area contributed by atoms with Crippen molar-refractivity contribution >= 4 is 40.0 Å². The van der Waals surface area contributed by atoms with Crippen LogP contribution in [-0.2, 0) is 4.79 Å². The number of rotatable bonds is 9. The van der Waals surface area contributed by atoms with Gasteiger partial charge in [-0.3, -0.25) is 9.59 Å². The molecular weight excluding hydrogens is 473 g/mol. The van der Waals surface area contributed by atoms with Gasteiger partial charge in [-0.15, -0.1) is 0 Å². The molecule has 0 saturated heterocycles. The van der Waals surface area contributed by atoms with Crippen LogP contribution in [0, 0.1) is 5.82 Å². The molecule has 0 atom stereocenters. The molecule has 2 aromatic heterocycles. The molecule has 0 fully saturated rings. The van der Waals surface area contributed by atoms with E-state index in [4.69, 9.17) is 0 Å². The second-order valence-corrected chi connectivity index (χ2v) is 8.79. The van der Waals surface area contributed by atoms with E-state index < -0.39 is 5.82 Å². The van der Waals surface area contributed by atoms with Crippen molar-refractivity contribution in [1.82, 2.24) is 19.9 Å². The topological polar surface area (TPSA) is 106 Å². The summed E-state index contributed by atoms with van der Waals surface area (Å²) in [5, 5.41) is 6.01. The molecule has 0 spiro atoms. The minimum atomic E-state index is -0.414. The van der Waals surface area contributed by atoms with E-state index in [-0.39, 0.29) is 17.4 Å². The Bertz CT molecular complexity index is 1520.